The monoisotopic (exact) mass is 306 g/mol. The number of amides is 2. The molecule has 1 unspecified atom stereocenters. The number of carboxylic acid groups (broad SMARTS) is 2. The Hall–Kier alpha value is -1.44. The second kappa shape index (κ2) is 10.4. The van der Waals surface area contributed by atoms with E-state index < -0.39 is 24.0 Å². The zero-order valence-electron chi connectivity index (χ0n) is 11.7. The zero-order valence-corrected chi connectivity index (χ0v) is 12.5. The number of urea groups is 1. The van der Waals surface area contributed by atoms with Crippen LogP contribution in [-0.4, -0.2) is 52.8 Å². The molecule has 0 aromatic heterocycles. The summed E-state index contributed by atoms with van der Waals surface area (Å²) in [4.78, 5) is 32.9. The molecule has 0 aliphatic rings. The van der Waals surface area contributed by atoms with E-state index in [1.807, 2.05) is 13.2 Å². The number of carboxylic acids is 2. The van der Waals surface area contributed by atoms with Crippen molar-refractivity contribution in [1.82, 2.24) is 10.6 Å². The number of aliphatic carboxylic acids is 2. The van der Waals surface area contributed by atoms with E-state index in [4.69, 9.17) is 10.2 Å². The maximum atomic E-state index is 11.6. The quantitative estimate of drug-likeness (QED) is 0.478. The number of thioether (sulfide) groups is 1. The minimum absolute atomic E-state index is 0.0927. The topological polar surface area (TPSA) is 116 Å². The van der Waals surface area contributed by atoms with E-state index >= 15 is 0 Å². The molecule has 2 amide bonds. The van der Waals surface area contributed by atoms with Gasteiger partial charge in [-0.15, -0.1) is 0 Å². The highest BCUT2D eigenvalue weighted by atomic mass is 32.2. The molecular weight excluding hydrogens is 284 g/mol. The van der Waals surface area contributed by atoms with E-state index in [0.717, 1.165) is 5.75 Å². The highest BCUT2D eigenvalue weighted by Crippen LogP contribution is 2.03. The van der Waals surface area contributed by atoms with Crippen LogP contribution in [0.2, 0.25) is 0 Å². The summed E-state index contributed by atoms with van der Waals surface area (Å²) in [5.41, 5.74) is 0. The maximum absolute atomic E-state index is 11.6. The third-order valence-corrected chi connectivity index (χ3v) is 3.45. The van der Waals surface area contributed by atoms with Crippen molar-refractivity contribution in [2.75, 3.05) is 18.6 Å². The molecule has 0 rings (SSSR count). The molecule has 0 aromatic carbocycles. The summed E-state index contributed by atoms with van der Waals surface area (Å²) in [6, 6.07) is -1.61. The molecule has 0 aliphatic heterocycles. The summed E-state index contributed by atoms with van der Waals surface area (Å²) < 4.78 is 0. The number of hydrogen-bond donors (Lipinski definition) is 4. The largest absolute Gasteiger partial charge is 0.481 e. The Morgan fingerprint density at radius 3 is 2.40 bits per heavy atom. The summed E-state index contributed by atoms with van der Waals surface area (Å²) in [6.45, 7) is 2.45. The molecule has 0 aromatic rings. The van der Waals surface area contributed by atoms with E-state index in [-0.39, 0.29) is 19.3 Å². The molecule has 20 heavy (non-hydrogen) atoms. The van der Waals surface area contributed by atoms with Gasteiger partial charge in [0.05, 0.1) is 0 Å². The lowest BCUT2D eigenvalue weighted by molar-refractivity contribution is -0.140. The van der Waals surface area contributed by atoms with E-state index in [1.165, 1.54) is 0 Å². The third-order valence-electron chi connectivity index (χ3n) is 2.55. The Morgan fingerprint density at radius 2 is 1.90 bits per heavy atom. The van der Waals surface area contributed by atoms with Gasteiger partial charge in [-0.05, 0) is 30.8 Å². The standard InChI is InChI=1S/C12H22N2O5S/c1-8(7-20-2)6-13-12(19)14-9(11(17)18)4-3-5-10(15)16/h8-9H,3-7H2,1-2H3,(H,15,16)(H,17,18)(H2,13,14,19)/t8?,9-/m1/s1. The third kappa shape index (κ3) is 9.48. The molecular formula is C12H22N2O5S. The van der Waals surface area contributed by atoms with Crippen LogP contribution in [0.5, 0.6) is 0 Å². The molecule has 0 saturated carbocycles. The van der Waals surface area contributed by atoms with Crippen LogP contribution < -0.4 is 10.6 Å². The Morgan fingerprint density at radius 1 is 1.25 bits per heavy atom. The Kier molecular flexibility index (Phi) is 9.61. The average Bonchev–Trinajstić information content (AvgIpc) is 2.35. The van der Waals surface area contributed by atoms with Gasteiger partial charge in [-0.3, -0.25) is 4.79 Å². The van der Waals surface area contributed by atoms with Gasteiger partial charge in [0, 0.05) is 13.0 Å². The van der Waals surface area contributed by atoms with Crippen molar-refractivity contribution in [3.05, 3.63) is 0 Å². The van der Waals surface area contributed by atoms with E-state index in [9.17, 15) is 14.4 Å². The zero-order chi connectivity index (χ0) is 15.5. The molecule has 116 valence electrons. The lowest BCUT2D eigenvalue weighted by atomic mass is 10.1. The first kappa shape index (κ1) is 18.6. The van der Waals surface area contributed by atoms with E-state index in [0.29, 0.717) is 12.5 Å². The normalized spacial score (nSPS) is 13.3. The van der Waals surface area contributed by atoms with Gasteiger partial charge in [-0.25, -0.2) is 9.59 Å². The second-order valence-corrected chi connectivity index (χ2v) is 5.50. The van der Waals surface area contributed by atoms with Gasteiger partial charge < -0.3 is 20.8 Å². The molecule has 2 atom stereocenters. The predicted molar refractivity (Wildman–Crippen MR) is 77.0 cm³/mol. The molecule has 0 fully saturated rings. The smallest absolute Gasteiger partial charge is 0.326 e. The fourth-order valence-corrected chi connectivity index (χ4v) is 2.22. The minimum Gasteiger partial charge on any atom is -0.481 e. The lowest BCUT2D eigenvalue weighted by Gasteiger charge is -2.16. The molecule has 0 bridgehead atoms. The summed E-state index contributed by atoms with van der Waals surface area (Å²) in [5.74, 6) is -0.945. The lowest BCUT2D eigenvalue weighted by Crippen LogP contribution is -2.47. The van der Waals surface area contributed by atoms with Crippen LogP contribution in [0.3, 0.4) is 0 Å². The van der Waals surface area contributed by atoms with Crippen LogP contribution in [0.1, 0.15) is 26.2 Å². The predicted octanol–water partition coefficient (Wildman–Crippen LogP) is 0.993. The molecule has 0 heterocycles. The van der Waals surface area contributed by atoms with Crippen molar-refractivity contribution in [3.8, 4) is 0 Å². The SMILES string of the molecule is CSCC(C)CNC(=O)N[C@H](CCCC(=O)O)C(=O)O. The summed E-state index contributed by atoms with van der Waals surface area (Å²) >= 11 is 1.67. The van der Waals surface area contributed by atoms with E-state index in [1.54, 1.807) is 11.8 Å². The Bertz CT molecular complexity index is 338. The van der Waals surface area contributed by atoms with Gasteiger partial charge in [0.15, 0.2) is 0 Å². The first-order valence-corrected chi connectivity index (χ1v) is 7.74. The van der Waals surface area contributed by atoms with Crippen LogP contribution in [0, 0.1) is 5.92 Å². The fraction of sp³-hybridized carbons (Fsp3) is 0.750. The van der Waals surface area contributed by atoms with Crippen molar-refractivity contribution in [2.24, 2.45) is 5.92 Å². The Balaban J connectivity index is 4.07. The van der Waals surface area contributed by atoms with Crippen LogP contribution in [0.4, 0.5) is 4.79 Å². The van der Waals surface area contributed by atoms with Crippen LogP contribution in [-0.2, 0) is 9.59 Å². The molecule has 0 saturated heterocycles. The van der Waals surface area contributed by atoms with Crippen molar-refractivity contribution < 1.29 is 24.6 Å². The maximum Gasteiger partial charge on any atom is 0.326 e. The van der Waals surface area contributed by atoms with Gasteiger partial charge in [-0.1, -0.05) is 6.92 Å². The molecule has 0 radical (unpaired) electrons. The average molecular weight is 306 g/mol. The highest BCUT2D eigenvalue weighted by molar-refractivity contribution is 7.98. The first-order chi connectivity index (χ1) is 9.36. The summed E-state index contributed by atoms with van der Waals surface area (Å²) in [7, 11) is 0. The van der Waals surface area contributed by atoms with Gasteiger partial charge in [-0.2, -0.15) is 11.8 Å². The van der Waals surface area contributed by atoms with Crippen molar-refractivity contribution in [1.29, 1.82) is 0 Å². The second-order valence-electron chi connectivity index (χ2n) is 4.59. The van der Waals surface area contributed by atoms with Crippen molar-refractivity contribution >= 4 is 29.7 Å². The molecule has 0 aliphatic carbocycles. The van der Waals surface area contributed by atoms with Crippen LogP contribution in [0.25, 0.3) is 0 Å². The highest BCUT2D eigenvalue weighted by Gasteiger charge is 2.20. The van der Waals surface area contributed by atoms with Gasteiger partial charge in [0.25, 0.3) is 0 Å². The number of hydrogen-bond acceptors (Lipinski definition) is 4. The molecule has 8 heteroatoms. The van der Waals surface area contributed by atoms with E-state index in [2.05, 4.69) is 10.6 Å². The Labute approximate surface area is 122 Å². The van der Waals surface area contributed by atoms with Crippen LogP contribution in [0.15, 0.2) is 0 Å². The first-order valence-electron chi connectivity index (χ1n) is 6.34. The molecule has 7 nitrogen and oxygen atoms in total. The number of carbonyl (C=O) groups excluding carboxylic acids is 1. The van der Waals surface area contributed by atoms with Crippen molar-refractivity contribution in [3.63, 3.8) is 0 Å². The summed E-state index contributed by atoms with van der Waals surface area (Å²) in [5, 5.41) is 22.4. The van der Waals surface area contributed by atoms with Gasteiger partial charge >= 0.3 is 18.0 Å². The fourth-order valence-electron chi connectivity index (χ4n) is 1.53. The summed E-state index contributed by atoms with van der Waals surface area (Å²) in [6.07, 6.45) is 2.15. The number of nitrogens with one attached hydrogen (secondary N) is 2. The van der Waals surface area contributed by atoms with Gasteiger partial charge in [0.2, 0.25) is 0 Å². The van der Waals surface area contributed by atoms with Gasteiger partial charge in [0.1, 0.15) is 6.04 Å². The van der Waals surface area contributed by atoms with Crippen molar-refractivity contribution in [2.45, 2.75) is 32.2 Å². The van der Waals surface area contributed by atoms with Crippen LogP contribution >= 0.6 is 11.8 Å². The molecule has 0 spiro atoms. The number of carbonyl (C=O) groups is 3. The molecule has 4 N–H and O–H groups in total. The number of rotatable bonds is 10. The minimum atomic E-state index is -1.16.